The van der Waals surface area contributed by atoms with Crippen LogP contribution in [0.5, 0.6) is 0 Å². The lowest BCUT2D eigenvalue weighted by Gasteiger charge is -2.17. The third-order valence-electron chi connectivity index (χ3n) is 4.19. The number of hydrogen-bond donors (Lipinski definition) is 1. The number of halogens is 3. The molecule has 0 saturated carbocycles. The predicted octanol–water partition coefficient (Wildman–Crippen LogP) is 3.23. The Labute approximate surface area is 157 Å². The van der Waals surface area contributed by atoms with E-state index in [1.807, 2.05) is 6.07 Å². The van der Waals surface area contributed by atoms with Crippen LogP contribution in [0.1, 0.15) is 27.4 Å². The quantitative estimate of drug-likeness (QED) is 0.694. The molecule has 3 aromatic rings. The first-order valence-electron chi connectivity index (χ1n) is 7.90. The van der Waals surface area contributed by atoms with Crippen LogP contribution in [0.25, 0.3) is 11.4 Å². The molecule has 0 spiro atoms. The second-order valence-electron chi connectivity index (χ2n) is 5.82. The number of nitrogens with two attached hydrogens (primary N) is 1. The smallest absolute Gasteiger partial charge is 0.416 e. The van der Waals surface area contributed by atoms with Crippen molar-refractivity contribution in [2.45, 2.75) is 13.1 Å². The van der Waals surface area contributed by atoms with Crippen molar-refractivity contribution in [2.75, 3.05) is 12.8 Å². The summed E-state index contributed by atoms with van der Waals surface area (Å²) in [5.74, 6) is -0.369. The molecule has 144 valence electrons. The Morgan fingerprint density at radius 1 is 1.29 bits per heavy atom. The second kappa shape index (κ2) is 6.77. The number of carbonyl (C=O) groups is 1. The van der Waals surface area contributed by atoms with Gasteiger partial charge in [-0.25, -0.2) is 9.78 Å². The first-order valence-corrected chi connectivity index (χ1v) is 7.90. The van der Waals surface area contributed by atoms with Gasteiger partial charge in [-0.05, 0) is 25.1 Å². The highest BCUT2D eigenvalue weighted by molar-refractivity contribution is 5.96. The fraction of sp³-hybridized carbons (Fsp3) is 0.167. The largest absolute Gasteiger partial charge is 0.464 e. The van der Waals surface area contributed by atoms with E-state index in [9.17, 15) is 23.2 Å². The normalized spacial score (nSPS) is 11.3. The van der Waals surface area contributed by atoms with Crippen molar-refractivity contribution in [3.05, 3.63) is 59.4 Å². The molecule has 10 heteroatoms. The molecule has 1 aromatic carbocycles. The molecular formula is C18H14F3N5O2. The number of anilines is 1. The van der Waals surface area contributed by atoms with Crippen LogP contribution in [0.15, 0.2) is 36.8 Å². The number of aryl methyl sites for hydroxylation is 1. The Hall–Kier alpha value is -3.74. The van der Waals surface area contributed by atoms with Crippen molar-refractivity contribution in [1.29, 1.82) is 5.26 Å². The molecule has 28 heavy (non-hydrogen) atoms. The number of alkyl halides is 3. The topological polar surface area (TPSA) is 98.9 Å². The van der Waals surface area contributed by atoms with Gasteiger partial charge in [0, 0.05) is 18.6 Å². The second-order valence-corrected chi connectivity index (χ2v) is 5.82. The summed E-state index contributed by atoms with van der Waals surface area (Å²) >= 11 is 0. The molecule has 2 aromatic heterocycles. The molecule has 3 rings (SSSR count). The van der Waals surface area contributed by atoms with Gasteiger partial charge in [0.25, 0.3) is 0 Å². The van der Waals surface area contributed by atoms with Gasteiger partial charge >= 0.3 is 12.1 Å². The van der Waals surface area contributed by atoms with Crippen LogP contribution in [0.4, 0.5) is 18.9 Å². The maximum absolute atomic E-state index is 13.3. The number of esters is 1. The first-order chi connectivity index (χ1) is 13.2. The number of imidazole rings is 1. The van der Waals surface area contributed by atoms with Gasteiger partial charge < -0.3 is 19.6 Å². The van der Waals surface area contributed by atoms with Crippen molar-refractivity contribution in [3.8, 4) is 17.4 Å². The minimum atomic E-state index is -4.61. The fourth-order valence-electron chi connectivity index (χ4n) is 2.83. The van der Waals surface area contributed by atoms with Crippen molar-refractivity contribution >= 4 is 11.7 Å². The lowest BCUT2D eigenvalue weighted by molar-refractivity contribution is -0.137. The Morgan fingerprint density at radius 3 is 2.54 bits per heavy atom. The maximum Gasteiger partial charge on any atom is 0.416 e. The minimum Gasteiger partial charge on any atom is -0.464 e. The number of nitriles is 1. The molecular weight excluding hydrogens is 375 g/mol. The molecule has 0 fully saturated rings. The predicted molar refractivity (Wildman–Crippen MR) is 93.1 cm³/mol. The number of methoxy groups -OCH3 is 1. The summed E-state index contributed by atoms with van der Waals surface area (Å²) in [4.78, 5) is 16.3. The van der Waals surface area contributed by atoms with Crippen LogP contribution >= 0.6 is 0 Å². The van der Waals surface area contributed by atoms with Crippen LogP contribution in [-0.2, 0) is 10.9 Å². The molecule has 0 saturated heterocycles. The molecule has 0 bridgehead atoms. The van der Waals surface area contributed by atoms with Crippen LogP contribution < -0.4 is 5.73 Å². The Morgan fingerprint density at radius 2 is 2.00 bits per heavy atom. The van der Waals surface area contributed by atoms with E-state index in [0.29, 0.717) is 11.5 Å². The lowest BCUT2D eigenvalue weighted by Crippen LogP contribution is -2.14. The number of carbonyl (C=O) groups excluding carboxylic acids is 1. The summed E-state index contributed by atoms with van der Waals surface area (Å²) in [6.07, 6.45) is -0.355. The maximum atomic E-state index is 13.3. The number of aromatic nitrogens is 3. The number of benzene rings is 1. The summed E-state index contributed by atoms with van der Waals surface area (Å²) in [5, 5.41) is 9.25. The monoisotopic (exact) mass is 389 g/mol. The molecule has 0 amide bonds. The summed E-state index contributed by atoms with van der Waals surface area (Å²) in [5.41, 5.74) is 4.76. The number of nitrogen functional groups attached to an aromatic ring is 1. The lowest BCUT2D eigenvalue weighted by atomic mass is 10.1. The third-order valence-corrected chi connectivity index (χ3v) is 4.19. The van der Waals surface area contributed by atoms with Gasteiger partial charge in [0.1, 0.15) is 11.9 Å². The van der Waals surface area contributed by atoms with E-state index in [1.54, 1.807) is 17.7 Å². The molecule has 0 unspecified atom stereocenters. The van der Waals surface area contributed by atoms with E-state index in [0.717, 1.165) is 23.8 Å². The van der Waals surface area contributed by atoms with Crippen molar-refractivity contribution in [3.63, 3.8) is 0 Å². The molecule has 0 aliphatic rings. The van der Waals surface area contributed by atoms with Gasteiger partial charge in [0.05, 0.1) is 35.3 Å². The molecule has 0 aliphatic carbocycles. The van der Waals surface area contributed by atoms with Gasteiger partial charge in [0.2, 0.25) is 0 Å². The minimum absolute atomic E-state index is 0.00970. The van der Waals surface area contributed by atoms with E-state index >= 15 is 0 Å². The highest BCUT2D eigenvalue weighted by Crippen LogP contribution is 2.35. The first kappa shape index (κ1) is 19.0. The van der Waals surface area contributed by atoms with Gasteiger partial charge in [-0.3, -0.25) is 0 Å². The zero-order valence-electron chi connectivity index (χ0n) is 14.8. The van der Waals surface area contributed by atoms with Crippen LogP contribution in [0.2, 0.25) is 0 Å². The van der Waals surface area contributed by atoms with Crippen molar-refractivity contribution in [2.24, 2.45) is 0 Å². The van der Waals surface area contributed by atoms with Gasteiger partial charge in [0.15, 0.2) is 5.69 Å². The Kier molecular flexibility index (Phi) is 4.60. The van der Waals surface area contributed by atoms with Crippen LogP contribution in [-0.4, -0.2) is 27.2 Å². The standard InChI is InChI=1S/C18H14F3N5O2/c1-10-24-5-6-25(10)13-4-3-12(18(19,20)21)7-14(13)26-9-11(8-22)15(23)16(26)17(27)28-2/h3-7,9H,23H2,1-2H3. The molecule has 0 aliphatic heterocycles. The fourth-order valence-corrected chi connectivity index (χ4v) is 2.83. The summed E-state index contributed by atoms with van der Waals surface area (Å²) < 4.78 is 47.3. The number of ether oxygens (including phenoxy) is 1. The number of rotatable bonds is 3. The van der Waals surface area contributed by atoms with Crippen molar-refractivity contribution in [1.82, 2.24) is 14.1 Å². The molecule has 0 atom stereocenters. The molecule has 7 nitrogen and oxygen atoms in total. The van der Waals surface area contributed by atoms with Gasteiger partial charge in [-0.2, -0.15) is 18.4 Å². The zero-order chi connectivity index (χ0) is 20.6. The Balaban J connectivity index is 2.39. The van der Waals surface area contributed by atoms with Crippen molar-refractivity contribution < 1.29 is 22.7 Å². The van der Waals surface area contributed by atoms with E-state index in [-0.39, 0.29) is 22.6 Å². The summed E-state index contributed by atoms with van der Waals surface area (Å²) in [6.45, 7) is 1.67. The highest BCUT2D eigenvalue weighted by atomic mass is 19.4. The van der Waals surface area contributed by atoms with E-state index in [2.05, 4.69) is 4.98 Å². The summed E-state index contributed by atoms with van der Waals surface area (Å²) in [7, 11) is 1.11. The van der Waals surface area contributed by atoms with E-state index < -0.39 is 17.7 Å². The molecule has 2 N–H and O–H groups in total. The van der Waals surface area contributed by atoms with E-state index in [4.69, 9.17) is 10.5 Å². The number of hydrogen-bond acceptors (Lipinski definition) is 5. The average Bonchev–Trinajstić information content (AvgIpc) is 3.22. The average molecular weight is 389 g/mol. The molecule has 0 radical (unpaired) electrons. The Bertz CT molecular complexity index is 1110. The summed E-state index contributed by atoms with van der Waals surface area (Å²) in [6, 6.07) is 4.88. The number of nitrogens with zero attached hydrogens (tertiary/aromatic N) is 4. The zero-order valence-corrected chi connectivity index (χ0v) is 14.8. The van der Waals surface area contributed by atoms with Gasteiger partial charge in [-0.1, -0.05) is 0 Å². The highest BCUT2D eigenvalue weighted by Gasteiger charge is 2.32. The van der Waals surface area contributed by atoms with E-state index in [1.165, 1.54) is 18.5 Å². The molecule has 2 heterocycles. The SMILES string of the molecule is COC(=O)c1c(N)c(C#N)cn1-c1cc(C(F)(F)F)ccc1-n1ccnc1C. The van der Waals surface area contributed by atoms with Crippen LogP contribution in [0.3, 0.4) is 0 Å². The van der Waals surface area contributed by atoms with Crippen LogP contribution in [0, 0.1) is 18.3 Å². The third kappa shape index (κ3) is 3.07. The van der Waals surface area contributed by atoms with Gasteiger partial charge in [-0.15, -0.1) is 0 Å².